The summed E-state index contributed by atoms with van der Waals surface area (Å²) in [7, 11) is 0. The van der Waals surface area contributed by atoms with E-state index < -0.39 is 0 Å². The first-order chi connectivity index (χ1) is 8.08. The van der Waals surface area contributed by atoms with Crippen LogP contribution in [-0.4, -0.2) is 20.4 Å². The molecule has 2 aromatic rings. The normalized spacial score (nSPS) is 10.4. The summed E-state index contributed by atoms with van der Waals surface area (Å²) in [5.74, 6) is -0.517. The fourth-order valence-corrected chi connectivity index (χ4v) is 1.66. The van der Waals surface area contributed by atoms with Crippen LogP contribution in [0.5, 0.6) is 23.0 Å². The molecular weight excluding hydrogens is 220 g/mol. The van der Waals surface area contributed by atoms with Gasteiger partial charge in [-0.3, -0.25) is 0 Å². The van der Waals surface area contributed by atoms with E-state index in [0.717, 1.165) is 12.1 Å². The second-order valence-corrected chi connectivity index (χ2v) is 3.77. The number of para-hydroxylation sites is 1. The van der Waals surface area contributed by atoms with Gasteiger partial charge in [0.2, 0.25) is 0 Å². The number of aromatic hydroxyl groups is 4. The maximum absolute atomic E-state index is 9.62. The van der Waals surface area contributed by atoms with Crippen LogP contribution in [0.1, 0.15) is 11.1 Å². The highest BCUT2D eigenvalue weighted by atomic mass is 16.3. The lowest BCUT2D eigenvalue weighted by molar-refractivity contribution is 0.419. The predicted octanol–water partition coefficient (Wildman–Crippen LogP) is 2.10. The average Bonchev–Trinajstić information content (AvgIpc) is 2.25. The number of benzene rings is 2. The van der Waals surface area contributed by atoms with E-state index in [9.17, 15) is 15.3 Å². The van der Waals surface area contributed by atoms with Crippen LogP contribution in [0.3, 0.4) is 0 Å². The lowest BCUT2D eigenvalue weighted by Gasteiger charge is -2.09. The number of hydrogen-bond acceptors (Lipinski definition) is 4. The van der Waals surface area contributed by atoms with Crippen molar-refractivity contribution in [1.82, 2.24) is 0 Å². The molecule has 0 heterocycles. The predicted molar refractivity (Wildman–Crippen MR) is 62.3 cm³/mol. The number of phenols is 4. The van der Waals surface area contributed by atoms with Crippen LogP contribution in [0, 0.1) is 0 Å². The Bertz CT molecular complexity index is 526. The second kappa shape index (κ2) is 4.25. The van der Waals surface area contributed by atoms with Crippen molar-refractivity contribution >= 4 is 0 Å². The Morgan fingerprint density at radius 2 is 1.35 bits per heavy atom. The minimum absolute atomic E-state index is 0.0966. The number of rotatable bonds is 2. The molecular formula is C13H12O4. The lowest BCUT2D eigenvalue weighted by atomic mass is 10.0. The van der Waals surface area contributed by atoms with Crippen LogP contribution in [0.4, 0.5) is 0 Å². The molecule has 4 heteroatoms. The summed E-state index contributed by atoms with van der Waals surface area (Å²) in [5.41, 5.74) is 0.855. The van der Waals surface area contributed by atoms with Crippen molar-refractivity contribution in [2.75, 3.05) is 0 Å². The van der Waals surface area contributed by atoms with Crippen LogP contribution < -0.4 is 0 Å². The first-order valence-corrected chi connectivity index (χ1v) is 5.08. The third kappa shape index (κ3) is 2.25. The lowest BCUT2D eigenvalue weighted by Crippen LogP contribution is -1.90. The quantitative estimate of drug-likeness (QED) is 0.639. The van der Waals surface area contributed by atoms with Crippen molar-refractivity contribution in [3.8, 4) is 23.0 Å². The monoisotopic (exact) mass is 232 g/mol. The minimum Gasteiger partial charge on any atom is -0.508 e. The number of phenolic OH excluding ortho intramolecular Hbond substituents is 4. The number of hydrogen-bond donors (Lipinski definition) is 4. The molecule has 2 aromatic carbocycles. The molecule has 0 saturated heterocycles. The molecule has 0 aliphatic rings. The Morgan fingerprint density at radius 3 is 1.94 bits per heavy atom. The van der Waals surface area contributed by atoms with Gasteiger partial charge in [0.05, 0.1) is 0 Å². The topological polar surface area (TPSA) is 80.9 Å². The van der Waals surface area contributed by atoms with Gasteiger partial charge in [0.1, 0.15) is 23.0 Å². The van der Waals surface area contributed by atoms with Gasteiger partial charge in [0, 0.05) is 24.1 Å². The van der Waals surface area contributed by atoms with E-state index in [1.807, 2.05) is 0 Å². The summed E-state index contributed by atoms with van der Waals surface area (Å²) in [6.07, 6.45) is 0.185. The highest BCUT2D eigenvalue weighted by Gasteiger charge is 2.12. The molecule has 0 amide bonds. The molecule has 0 fully saturated rings. The Labute approximate surface area is 98.0 Å². The van der Waals surface area contributed by atoms with Crippen molar-refractivity contribution < 1.29 is 20.4 Å². The van der Waals surface area contributed by atoms with Gasteiger partial charge in [-0.1, -0.05) is 18.2 Å². The van der Waals surface area contributed by atoms with Crippen LogP contribution in [0.15, 0.2) is 36.4 Å². The van der Waals surface area contributed by atoms with Gasteiger partial charge in [0.15, 0.2) is 0 Å². The summed E-state index contributed by atoms with van der Waals surface area (Å²) in [6, 6.07) is 8.97. The maximum atomic E-state index is 9.62. The summed E-state index contributed by atoms with van der Waals surface area (Å²) < 4.78 is 0. The molecule has 0 aliphatic heterocycles. The van der Waals surface area contributed by atoms with E-state index in [2.05, 4.69) is 0 Å². The van der Waals surface area contributed by atoms with Gasteiger partial charge in [-0.2, -0.15) is 0 Å². The molecule has 2 rings (SSSR count). The molecule has 0 bridgehead atoms. The summed E-state index contributed by atoms with van der Waals surface area (Å²) in [6.45, 7) is 0. The zero-order chi connectivity index (χ0) is 12.4. The minimum atomic E-state index is -0.207. The molecule has 17 heavy (non-hydrogen) atoms. The van der Waals surface area contributed by atoms with Gasteiger partial charge < -0.3 is 20.4 Å². The van der Waals surface area contributed by atoms with Gasteiger partial charge in [-0.25, -0.2) is 0 Å². The highest BCUT2D eigenvalue weighted by molar-refractivity contribution is 5.51. The molecule has 0 aliphatic carbocycles. The molecule has 0 spiro atoms. The molecule has 0 unspecified atom stereocenters. The highest BCUT2D eigenvalue weighted by Crippen LogP contribution is 2.34. The van der Waals surface area contributed by atoms with Crippen molar-refractivity contribution in [2.24, 2.45) is 0 Å². The van der Waals surface area contributed by atoms with E-state index in [4.69, 9.17) is 5.11 Å². The zero-order valence-electron chi connectivity index (χ0n) is 8.96. The molecule has 4 N–H and O–H groups in total. The van der Waals surface area contributed by atoms with Gasteiger partial charge >= 0.3 is 0 Å². The van der Waals surface area contributed by atoms with Crippen molar-refractivity contribution in [3.05, 3.63) is 47.5 Å². The van der Waals surface area contributed by atoms with Gasteiger partial charge in [-0.15, -0.1) is 0 Å². The zero-order valence-corrected chi connectivity index (χ0v) is 8.96. The fourth-order valence-electron chi connectivity index (χ4n) is 1.66. The molecule has 0 radical (unpaired) electrons. The third-order valence-corrected chi connectivity index (χ3v) is 2.55. The van der Waals surface area contributed by atoms with Crippen molar-refractivity contribution in [1.29, 1.82) is 0 Å². The van der Waals surface area contributed by atoms with E-state index >= 15 is 0 Å². The smallest absolute Gasteiger partial charge is 0.126 e. The summed E-state index contributed by atoms with van der Waals surface area (Å²) in [5, 5.41) is 38.0. The molecule has 0 aromatic heterocycles. The Kier molecular flexibility index (Phi) is 2.78. The van der Waals surface area contributed by atoms with E-state index in [1.54, 1.807) is 18.2 Å². The summed E-state index contributed by atoms with van der Waals surface area (Å²) >= 11 is 0. The maximum Gasteiger partial charge on any atom is 0.126 e. The van der Waals surface area contributed by atoms with E-state index in [0.29, 0.717) is 5.56 Å². The van der Waals surface area contributed by atoms with Crippen LogP contribution in [-0.2, 0) is 6.42 Å². The second-order valence-electron chi connectivity index (χ2n) is 3.77. The van der Waals surface area contributed by atoms with Gasteiger partial charge in [0.25, 0.3) is 0 Å². The molecule has 4 nitrogen and oxygen atoms in total. The molecule has 0 saturated carbocycles. The SMILES string of the molecule is Oc1cc(O)c(Cc2ccccc2O)c(O)c1. The Balaban J connectivity index is 2.40. The Morgan fingerprint density at radius 1 is 0.765 bits per heavy atom. The first-order valence-electron chi connectivity index (χ1n) is 5.08. The first kappa shape index (κ1) is 11.1. The van der Waals surface area contributed by atoms with E-state index in [-0.39, 0.29) is 35.0 Å². The van der Waals surface area contributed by atoms with Gasteiger partial charge in [-0.05, 0) is 11.6 Å². The van der Waals surface area contributed by atoms with Crippen molar-refractivity contribution in [3.63, 3.8) is 0 Å². The van der Waals surface area contributed by atoms with Crippen molar-refractivity contribution in [2.45, 2.75) is 6.42 Å². The third-order valence-electron chi connectivity index (χ3n) is 2.55. The molecule has 88 valence electrons. The Hall–Kier alpha value is -2.36. The standard InChI is InChI=1S/C13H12O4/c14-9-6-12(16)10(13(17)7-9)5-8-3-1-2-4-11(8)15/h1-4,6-7,14-17H,5H2. The van der Waals surface area contributed by atoms with Crippen LogP contribution >= 0.6 is 0 Å². The largest absolute Gasteiger partial charge is 0.508 e. The fraction of sp³-hybridized carbons (Fsp3) is 0.0769. The molecule has 0 atom stereocenters. The van der Waals surface area contributed by atoms with Crippen LogP contribution in [0.25, 0.3) is 0 Å². The van der Waals surface area contributed by atoms with E-state index in [1.165, 1.54) is 6.07 Å². The van der Waals surface area contributed by atoms with Crippen LogP contribution in [0.2, 0.25) is 0 Å². The summed E-state index contributed by atoms with van der Waals surface area (Å²) in [4.78, 5) is 0. The average molecular weight is 232 g/mol.